The number of ether oxygens (including phenoxy) is 3. The van der Waals surface area contributed by atoms with Gasteiger partial charge in [-0.1, -0.05) is 32.9 Å². The molecule has 0 saturated carbocycles. The van der Waals surface area contributed by atoms with Crippen LogP contribution in [0.25, 0.3) is 0 Å². The van der Waals surface area contributed by atoms with Crippen molar-refractivity contribution in [3.8, 4) is 17.2 Å². The molecule has 2 aromatic rings. The number of hydrogen-bond acceptors (Lipinski definition) is 5. The van der Waals surface area contributed by atoms with Gasteiger partial charge in [0.25, 0.3) is 0 Å². The van der Waals surface area contributed by atoms with Crippen LogP contribution in [0.2, 0.25) is 0 Å². The molecule has 1 fully saturated rings. The summed E-state index contributed by atoms with van der Waals surface area (Å²) in [6.07, 6.45) is 2.78. The van der Waals surface area contributed by atoms with Crippen molar-refractivity contribution in [1.29, 1.82) is 0 Å². The molecule has 2 aliphatic rings. The number of hydrogen-bond donors (Lipinski definition) is 0. The predicted octanol–water partition coefficient (Wildman–Crippen LogP) is 5.18. The number of Topliss-reactive ketones (excluding diaryl/α,β-unsaturated/α-hetero) is 1. The van der Waals surface area contributed by atoms with Crippen LogP contribution in [0.1, 0.15) is 68.8 Å². The van der Waals surface area contributed by atoms with Gasteiger partial charge in [0, 0.05) is 38.4 Å². The molecule has 0 unspecified atom stereocenters. The Morgan fingerprint density at radius 2 is 1.74 bits per heavy atom. The van der Waals surface area contributed by atoms with Gasteiger partial charge in [-0.05, 0) is 41.7 Å². The van der Waals surface area contributed by atoms with Crippen LogP contribution >= 0.6 is 0 Å². The van der Waals surface area contributed by atoms with E-state index < -0.39 is 5.60 Å². The summed E-state index contributed by atoms with van der Waals surface area (Å²) in [6.45, 7) is 8.26. The second-order valence-corrected chi connectivity index (χ2v) is 10.4. The molecular weight excluding hydrogens is 430 g/mol. The molecule has 6 nitrogen and oxygen atoms in total. The molecule has 2 heterocycles. The number of fused-ring (bicyclic) bond motifs is 1. The summed E-state index contributed by atoms with van der Waals surface area (Å²) < 4.78 is 17.4. The lowest BCUT2D eigenvalue weighted by atomic mass is 9.82. The number of carbonyl (C=O) groups excluding carboxylic acids is 2. The zero-order chi connectivity index (χ0) is 24.3. The molecule has 1 spiro atoms. The number of likely N-dealkylation sites (tertiary alicyclic amines) is 1. The number of nitrogens with zero attached hydrogens (tertiary/aromatic N) is 1. The fourth-order valence-corrected chi connectivity index (χ4v) is 4.67. The number of piperidine rings is 1. The average Bonchev–Trinajstić information content (AvgIpc) is 2.81. The van der Waals surface area contributed by atoms with E-state index in [0.717, 1.165) is 5.75 Å². The van der Waals surface area contributed by atoms with E-state index in [-0.39, 0.29) is 17.1 Å². The predicted molar refractivity (Wildman–Crippen MR) is 131 cm³/mol. The minimum absolute atomic E-state index is 0.0939. The summed E-state index contributed by atoms with van der Waals surface area (Å²) in [5.74, 6) is 2.31. The molecule has 34 heavy (non-hydrogen) atoms. The molecule has 4 rings (SSSR count). The molecule has 2 aromatic carbocycles. The SMILES string of the molecule is COc1ccc2c(c1)OC1(CCN(C(=O)CCCOc3ccc(C(C)(C)C)cc3)CC1)CC2=O. The highest BCUT2D eigenvalue weighted by molar-refractivity contribution is 6.00. The number of rotatable bonds is 6. The van der Waals surface area contributed by atoms with Crippen LogP contribution < -0.4 is 14.2 Å². The summed E-state index contributed by atoms with van der Waals surface area (Å²) >= 11 is 0. The third-order valence-corrected chi connectivity index (χ3v) is 6.85. The summed E-state index contributed by atoms with van der Waals surface area (Å²) in [5.41, 5.74) is 1.46. The van der Waals surface area contributed by atoms with E-state index in [9.17, 15) is 9.59 Å². The van der Waals surface area contributed by atoms with Crippen LogP contribution in [-0.2, 0) is 10.2 Å². The van der Waals surface area contributed by atoms with Crippen molar-refractivity contribution in [1.82, 2.24) is 4.90 Å². The maximum absolute atomic E-state index is 12.7. The monoisotopic (exact) mass is 465 g/mol. The van der Waals surface area contributed by atoms with Gasteiger partial charge in [-0.2, -0.15) is 0 Å². The molecule has 0 N–H and O–H groups in total. The van der Waals surface area contributed by atoms with E-state index in [2.05, 4.69) is 32.9 Å². The molecule has 0 radical (unpaired) electrons. The largest absolute Gasteiger partial charge is 0.497 e. The van der Waals surface area contributed by atoms with Crippen molar-refractivity contribution >= 4 is 11.7 Å². The Kier molecular flexibility index (Phi) is 6.87. The van der Waals surface area contributed by atoms with E-state index in [1.54, 1.807) is 25.3 Å². The van der Waals surface area contributed by atoms with E-state index in [1.165, 1.54) is 5.56 Å². The maximum atomic E-state index is 12.7. The number of ketones is 1. The molecular formula is C28H35NO5. The zero-order valence-corrected chi connectivity index (χ0v) is 20.7. The molecule has 0 atom stereocenters. The van der Waals surface area contributed by atoms with Crippen molar-refractivity contribution < 1.29 is 23.8 Å². The van der Waals surface area contributed by atoms with Crippen LogP contribution in [0, 0.1) is 0 Å². The Labute approximate surface area is 202 Å². The Morgan fingerprint density at radius 1 is 1.06 bits per heavy atom. The lowest BCUT2D eigenvalue weighted by Crippen LogP contribution is -2.52. The van der Waals surface area contributed by atoms with Crippen molar-refractivity contribution in [3.63, 3.8) is 0 Å². The summed E-state index contributed by atoms with van der Waals surface area (Å²) in [5, 5.41) is 0. The van der Waals surface area contributed by atoms with Gasteiger partial charge in [0.15, 0.2) is 5.78 Å². The molecule has 1 amide bonds. The first-order chi connectivity index (χ1) is 16.2. The summed E-state index contributed by atoms with van der Waals surface area (Å²) in [4.78, 5) is 27.3. The van der Waals surface area contributed by atoms with Gasteiger partial charge >= 0.3 is 0 Å². The Hall–Kier alpha value is -3.02. The standard InChI is InChI=1S/C28H35NO5/c1-27(2,3)20-7-9-21(10-8-20)33-17-5-6-26(31)29-15-13-28(14-16-29)19-24(30)23-12-11-22(32-4)18-25(23)34-28/h7-12,18H,5-6,13-17,19H2,1-4H3. The minimum Gasteiger partial charge on any atom is -0.497 e. The lowest BCUT2D eigenvalue weighted by Gasteiger charge is -2.44. The number of amides is 1. The molecule has 6 heteroatoms. The highest BCUT2D eigenvalue weighted by Crippen LogP contribution is 2.40. The molecule has 182 valence electrons. The van der Waals surface area contributed by atoms with Crippen LogP contribution in [0.3, 0.4) is 0 Å². The van der Waals surface area contributed by atoms with Crippen LogP contribution in [0.5, 0.6) is 17.2 Å². The summed E-state index contributed by atoms with van der Waals surface area (Å²) in [7, 11) is 1.60. The van der Waals surface area contributed by atoms with Gasteiger partial charge in [0.1, 0.15) is 22.8 Å². The van der Waals surface area contributed by atoms with Crippen molar-refractivity contribution in [2.24, 2.45) is 0 Å². The van der Waals surface area contributed by atoms with Crippen LogP contribution in [-0.4, -0.2) is 49.0 Å². The second-order valence-electron chi connectivity index (χ2n) is 10.4. The third-order valence-electron chi connectivity index (χ3n) is 6.85. The number of methoxy groups -OCH3 is 1. The molecule has 0 bridgehead atoms. The minimum atomic E-state index is -0.532. The molecule has 0 aliphatic carbocycles. The van der Waals surface area contributed by atoms with Gasteiger partial charge in [-0.15, -0.1) is 0 Å². The average molecular weight is 466 g/mol. The van der Waals surface area contributed by atoms with Crippen LogP contribution in [0.15, 0.2) is 42.5 Å². The zero-order valence-electron chi connectivity index (χ0n) is 20.7. The quantitative estimate of drug-likeness (QED) is 0.550. The maximum Gasteiger partial charge on any atom is 0.222 e. The van der Waals surface area contributed by atoms with E-state index in [0.29, 0.717) is 68.9 Å². The summed E-state index contributed by atoms with van der Waals surface area (Å²) in [6, 6.07) is 13.5. The highest BCUT2D eigenvalue weighted by atomic mass is 16.5. The van der Waals surface area contributed by atoms with E-state index in [1.807, 2.05) is 17.0 Å². The Bertz CT molecular complexity index is 1030. The Balaban J connectivity index is 1.23. The van der Waals surface area contributed by atoms with E-state index in [4.69, 9.17) is 14.2 Å². The fraction of sp³-hybridized carbons (Fsp3) is 0.500. The van der Waals surface area contributed by atoms with Crippen molar-refractivity contribution in [2.45, 2.75) is 63.9 Å². The number of benzene rings is 2. The number of carbonyl (C=O) groups is 2. The first-order valence-electron chi connectivity index (χ1n) is 12.1. The Morgan fingerprint density at radius 3 is 2.38 bits per heavy atom. The second kappa shape index (κ2) is 9.69. The molecule has 1 saturated heterocycles. The van der Waals surface area contributed by atoms with Crippen molar-refractivity contribution in [3.05, 3.63) is 53.6 Å². The topological polar surface area (TPSA) is 65.1 Å². The van der Waals surface area contributed by atoms with Crippen molar-refractivity contribution in [2.75, 3.05) is 26.8 Å². The highest BCUT2D eigenvalue weighted by Gasteiger charge is 2.43. The van der Waals surface area contributed by atoms with Gasteiger partial charge in [-0.25, -0.2) is 0 Å². The van der Waals surface area contributed by atoms with Crippen LogP contribution in [0.4, 0.5) is 0 Å². The molecule has 0 aromatic heterocycles. The lowest BCUT2D eigenvalue weighted by molar-refractivity contribution is -0.135. The fourth-order valence-electron chi connectivity index (χ4n) is 4.67. The van der Waals surface area contributed by atoms with E-state index >= 15 is 0 Å². The first kappa shape index (κ1) is 24.1. The van der Waals surface area contributed by atoms with Gasteiger partial charge in [0.05, 0.1) is 25.7 Å². The smallest absolute Gasteiger partial charge is 0.222 e. The van der Waals surface area contributed by atoms with Gasteiger partial charge < -0.3 is 19.1 Å². The van der Waals surface area contributed by atoms with Gasteiger partial charge in [-0.3, -0.25) is 9.59 Å². The molecule has 2 aliphatic heterocycles. The first-order valence-corrected chi connectivity index (χ1v) is 12.1. The van der Waals surface area contributed by atoms with Gasteiger partial charge in [0.2, 0.25) is 5.91 Å². The third kappa shape index (κ3) is 5.37. The normalized spacial score (nSPS) is 17.2.